The van der Waals surface area contributed by atoms with Gasteiger partial charge in [0.1, 0.15) is 0 Å². The lowest BCUT2D eigenvalue weighted by Gasteiger charge is -2.46. The van der Waals surface area contributed by atoms with Gasteiger partial charge in [-0.05, 0) is 50.3 Å². The Bertz CT molecular complexity index is 721. The number of piperidine rings is 2. The van der Waals surface area contributed by atoms with Crippen molar-refractivity contribution in [3.63, 3.8) is 0 Å². The summed E-state index contributed by atoms with van der Waals surface area (Å²) < 4.78 is 5.22. The fourth-order valence-electron chi connectivity index (χ4n) is 4.70. The molecular formula is C22H32ClN3O3. The van der Waals surface area contributed by atoms with Crippen LogP contribution in [0.3, 0.4) is 0 Å². The maximum absolute atomic E-state index is 12.7. The molecule has 7 heteroatoms. The number of nitrogens with zero attached hydrogens (tertiary/aromatic N) is 2. The summed E-state index contributed by atoms with van der Waals surface area (Å²) >= 11 is 6.20. The number of ether oxygens (including phenoxy) is 1. The summed E-state index contributed by atoms with van der Waals surface area (Å²) in [6.45, 7) is 3.72. The monoisotopic (exact) mass is 421 g/mol. The van der Waals surface area contributed by atoms with E-state index in [1.54, 1.807) is 7.11 Å². The number of benzene rings is 1. The molecule has 2 saturated heterocycles. The van der Waals surface area contributed by atoms with Crippen LogP contribution in [0, 0.1) is 5.41 Å². The zero-order chi connectivity index (χ0) is 20.9. The first kappa shape index (κ1) is 22.1. The molecule has 6 nitrogen and oxygen atoms in total. The summed E-state index contributed by atoms with van der Waals surface area (Å²) in [5.74, 6) is -0.0895. The normalized spacial score (nSPS) is 23.9. The van der Waals surface area contributed by atoms with Crippen molar-refractivity contribution in [2.24, 2.45) is 11.1 Å². The average Bonchev–Trinajstić information content (AvgIpc) is 2.74. The number of hydrogen-bond donors (Lipinski definition) is 1. The molecule has 0 spiro atoms. The molecule has 29 heavy (non-hydrogen) atoms. The number of rotatable bonds is 7. The van der Waals surface area contributed by atoms with Crippen molar-refractivity contribution in [2.45, 2.75) is 44.6 Å². The van der Waals surface area contributed by atoms with E-state index in [0.29, 0.717) is 37.1 Å². The maximum atomic E-state index is 12.7. The van der Waals surface area contributed by atoms with Crippen LogP contribution in [0.1, 0.15) is 37.7 Å². The summed E-state index contributed by atoms with van der Waals surface area (Å²) in [4.78, 5) is 29.3. The molecule has 0 aromatic heterocycles. The highest BCUT2D eigenvalue weighted by molar-refractivity contribution is 6.31. The first-order valence-corrected chi connectivity index (χ1v) is 10.9. The largest absolute Gasteiger partial charge is 0.385 e. The minimum Gasteiger partial charge on any atom is -0.385 e. The van der Waals surface area contributed by atoms with Crippen molar-refractivity contribution >= 4 is 23.4 Å². The van der Waals surface area contributed by atoms with Gasteiger partial charge in [-0.1, -0.05) is 29.8 Å². The molecule has 160 valence electrons. The summed E-state index contributed by atoms with van der Waals surface area (Å²) in [6, 6.07) is 7.90. The van der Waals surface area contributed by atoms with Crippen molar-refractivity contribution in [2.75, 3.05) is 39.9 Å². The number of nitrogens with two attached hydrogens (primary N) is 1. The predicted octanol–water partition coefficient (Wildman–Crippen LogP) is 2.48. The first-order chi connectivity index (χ1) is 13.9. The van der Waals surface area contributed by atoms with Crippen molar-refractivity contribution < 1.29 is 14.3 Å². The molecule has 1 unspecified atom stereocenters. The number of carbonyl (C=O) groups is 2. The molecule has 0 saturated carbocycles. The third-order valence-corrected chi connectivity index (χ3v) is 6.92. The lowest BCUT2D eigenvalue weighted by atomic mass is 9.76. The zero-order valence-corrected chi connectivity index (χ0v) is 18.0. The van der Waals surface area contributed by atoms with Crippen LogP contribution in [0.15, 0.2) is 24.3 Å². The molecule has 3 rings (SSSR count). The molecular weight excluding hydrogens is 390 g/mol. The number of primary amides is 1. The second kappa shape index (κ2) is 9.92. The Kier molecular flexibility index (Phi) is 7.55. The summed E-state index contributed by atoms with van der Waals surface area (Å²) in [5, 5.41) is 0.642. The van der Waals surface area contributed by atoms with Gasteiger partial charge in [0.05, 0.1) is 11.8 Å². The molecule has 2 amide bonds. The Hall–Kier alpha value is -1.63. The Labute approximate surface area is 178 Å². The topological polar surface area (TPSA) is 75.9 Å². The van der Waals surface area contributed by atoms with E-state index in [0.717, 1.165) is 50.9 Å². The lowest BCUT2D eigenvalue weighted by molar-refractivity contribution is -0.134. The van der Waals surface area contributed by atoms with Crippen LogP contribution in [0.25, 0.3) is 0 Å². The van der Waals surface area contributed by atoms with Gasteiger partial charge < -0.3 is 15.4 Å². The van der Waals surface area contributed by atoms with Crippen LogP contribution >= 0.6 is 11.6 Å². The van der Waals surface area contributed by atoms with Crippen molar-refractivity contribution in [3.05, 3.63) is 34.9 Å². The zero-order valence-electron chi connectivity index (χ0n) is 17.2. The number of hydrogen-bond acceptors (Lipinski definition) is 4. The molecule has 2 heterocycles. The second-order valence-corrected chi connectivity index (χ2v) is 8.75. The molecule has 2 fully saturated rings. The maximum Gasteiger partial charge on any atom is 0.227 e. The van der Waals surface area contributed by atoms with E-state index in [1.807, 2.05) is 29.2 Å². The van der Waals surface area contributed by atoms with Gasteiger partial charge in [-0.2, -0.15) is 0 Å². The number of likely N-dealkylation sites (tertiary alicyclic amines) is 2. The minimum atomic E-state index is -0.495. The summed E-state index contributed by atoms with van der Waals surface area (Å²) in [6.07, 6.45) is 4.66. The number of methoxy groups -OCH3 is 1. The van der Waals surface area contributed by atoms with Crippen molar-refractivity contribution in [3.8, 4) is 0 Å². The third-order valence-electron chi connectivity index (χ3n) is 6.55. The average molecular weight is 422 g/mol. The van der Waals surface area contributed by atoms with E-state index in [9.17, 15) is 9.59 Å². The van der Waals surface area contributed by atoms with Crippen LogP contribution in [0.5, 0.6) is 0 Å². The number of amides is 2. The molecule has 0 bridgehead atoms. The van der Waals surface area contributed by atoms with E-state index in [1.165, 1.54) is 0 Å². The Morgan fingerprint density at radius 1 is 1.24 bits per heavy atom. The van der Waals surface area contributed by atoms with Crippen LogP contribution < -0.4 is 5.73 Å². The highest BCUT2D eigenvalue weighted by Gasteiger charge is 2.42. The number of halogens is 1. The van der Waals surface area contributed by atoms with Crippen molar-refractivity contribution in [1.82, 2.24) is 9.80 Å². The molecule has 0 radical (unpaired) electrons. The minimum absolute atomic E-state index is 0.127. The Morgan fingerprint density at radius 2 is 1.97 bits per heavy atom. The second-order valence-electron chi connectivity index (χ2n) is 8.34. The Morgan fingerprint density at radius 3 is 2.62 bits per heavy atom. The van der Waals surface area contributed by atoms with Crippen LogP contribution in [-0.2, 0) is 20.7 Å². The van der Waals surface area contributed by atoms with Gasteiger partial charge in [-0.25, -0.2) is 0 Å². The smallest absolute Gasteiger partial charge is 0.227 e. The predicted molar refractivity (Wildman–Crippen MR) is 114 cm³/mol. The van der Waals surface area contributed by atoms with E-state index >= 15 is 0 Å². The first-order valence-electron chi connectivity index (χ1n) is 10.5. The van der Waals surface area contributed by atoms with Gasteiger partial charge in [-0.3, -0.25) is 14.5 Å². The van der Waals surface area contributed by atoms with Gasteiger partial charge in [0, 0.05) is 44.4 Å². The van der Waals surface area contributed by atoms with Crippen LogP contribution in [-0.4, -0.2) is 67.6 Å². The lowest BCUT2D eigenvalue weighted by Crippen LogP contribution is -2.56. The molecule has 2 aliphatic heterocycles. The molecule has 2 N–H and O–H groups in total. The molecule has 1 aromatic rings. The molecule has 0 aliphatic carbocycles. The van der Waals surface area contributed by atoms with E-state index in [2.05, 4.69) is 4.90 Å². The van der Waals surface area contributed by atoms with Crippen LogP contribution in [0.2, 0.25) is 5.02 Å². The fraction of sp³-hybridized carbons (Fsp3) is 0.636. The third kappa shape index (κ3) is 5.30. The van der Waals surface area contributed by atoms with Gasteiger partial charge >= 0.3 is 0 Å². The van der Waals surface area contributed by atoms with Gasteiger partial charge in [0.25, 0.3) is 0 Å². The quantitative estimate of drug-likeness (QED) is 0.733. The number of carbonyl (C=O) groups excluding carboxylic acids is 2. The van der Waals surface area contributed by atoms with E-state index < -0.39 is 5.41 Å². The molecule has 1 atom stereocenters. The molecule has 2 aliphatic rings. The Balaban J connectivity index is 1.55. The SMILES string of the molecule is COCCC1(C(N)=O)CCCN(C2CCN(C(=O)Cc3ccccc3Cl)CC2)C1. The van der Waals surface area contributed by atoms with Crippen molar-refractivity contribution in [1.29, 1.82) is 0 Å². The van der Waals surface area contributed by atoms with Gasteiger partial charge in [0.2, 0.25) is 11.8 Å². The van der Waals surface area contributed by atoms with Gasteiger partial charge in [0.15, 0.2) is 0 Å². The highest BCUT2D eigenvalue weighted by atomic mass is 35.5. The van der Waals surface area contributed by atoms with Gasteiger partial charge in [-0.15, -0.1) is 0 Å². The van der Waals surface area contributed by atoms with E-state index in [4.69, 9.17) is 22.1 Å². The standard InChI is InChI=1S/C22H32ClN3O3/c1-29-14-10-22(21(24)28)9-4-11-26(16-22)18-7-12-25(13-8-18)20(27)15-17-5-2-3-6-19(17)23/h2-3,5-6,18H,4,7-16H2,1H3,(H2,24,28). The summed E-state index contributed by atoms with van der Waals surface area (Å²) in [7, 11) is 1.66. The highest BCUT2D eigenvalue weighted by Crippen LogP contribution is 2.35. The molecule has 1 aromatic carbocycles. The van der Waals surface area contributed by atoms with E-state index in [-0.39, 0.29) is 11.8 Å². The van der Waals surface area contributed by atoms with Crippen LogP contribution in [0.4, 0.5) is 0 Å². The summed E-state index contributed by atoms with van der Waals surface area (Å²) in [5.41, 5.74) is 6.18. The fourth-order valence-corrected chi connectivity index (χ4v) is 4.90.